The summed E-state index contributed by atoms with van der Waals surface area (Å²) in [7, 11) is 0. The van der Waals surface area contributed by atoms with Gasteiger partial charge in [-0.15, -0.1) is 0 Å². The zero-order chi connectivity index (χ0) is 12.9. The van der Waals surface area contributed by atoms with Gasteiger partial charge in [0.05, 0.1) is 4.92 Å². The summed E-state index contributed by atoms with van der Waals surface area (Å²) in [6.45, 7) is 9.07. The Balaban J connectivity index is 2.65. The van der Waals surface area contributed by atoms with Gasteiger partial charge in [0.1, 0.15) is 0 Å². The van der Waals surface area contributed by atoms with Crippen LogP contribution < -0.4 is 5.32 Å². The van der Waals surface area contributed by atoms with Crippen LogP contribution in [0.2, 0.25) is 0 Å². The molecule has 1 fully saturated rings. The maximum absolute atomic E-state index is 10.6. The summed E-state index contributed by atoms with van der Waals surface area (Å²) in [5.41, 5.74) is 0.167. The monoisotopic (exact) mass is 241 g/mol. The molecule has 5 heteroatoms. The van der Waals surface area contributed by atoms with Crippen molar-refractivity contribution in [3.63, 3.8) is 0 Å². The molecule has 0 aromatic rings. The third kappa shape index (κ3) is 4.63. The van der Waals surface area contributed by atoms with E-state index >= 15 is 0 Å². The number of nitro groups is 1. The molecule has 0 atom stereocenters. The van der Waals surface area contributed by atoms with E-state index in [1.54, 1.807) is 0 Å². The molecule has 0 aliphatic carbocycles. The van der Waals surface area contributed by atoms with E-state index in [9.17, 15) is 10.1 Å². The van der Waals surface area contributed by atoms with Gasteiger partial charge in [0.2, 0.25) is 0 Å². The first kappa shape index (κ1) is 13.8. The Morgan fingerprint density at radius 3 is 2.82 bits per heavy atom. The molecular formula is C12H23N3O2. The fraction of sp³-hybridized carbons (Fsp3) is 0.833. The zero-order valence-corrected chi connectivity index (χ0v) is 11.0. The van der Waals surface area contributed by atoms with Gasteiger partial charge in [-0.1, -0.05) is 33.6 Å². The lowest BCUT2D eigenvalue weighted by Crippen LogP contribution is -2.50. The highest BCUT2D eigenvalue weighted by Crippen LogP contribution is 2.23. The largest absolute Gasteiger partial charge is 0.366 e. The van der Waals surface area contributed by atoms with Gasteiger partial charge in [-0.3, -0.25) is 10.1 Å². The van der Waals surface area contributed by atoms with Gasteiger partial charge in [-0.05, 0) is 11.8 Å². The van der Waals surface area contributed by atoms with Gasteiger partial charge >= 0.3 is 0 Å². The van der Waals surface area contributed by atoms with Crippen molar-refractivity contribution in [2.24, 2.45) is 5.41 Å². The van der Waals surface area contributed by atoms with Gasteiger partial charge in [-0.2, -0.15) is 0 Å². The summed E-state index contributed by atoms with van der Waals surface area (Å²) >= 11 is 0. The molecule has 1 N–H and O–H groups in total. The predicted molar refractivity (Wildman–Crippen MR) is 68.0 cm³/mol. The SMILES string of the molecule is CCCCCN1CC(C)(C)CN/C1=C/[N+](=O)[O-]. The highest BCUT2D eigenvalue weighted by molar-refractivity contribution is 5.02. The van der Waals surface area contributed by atoms with Crippen LogP contribution in [0.3, 0.4) is 0 Å². The summed E-state index contributed by atoms with van der Waals surface area (Å²) < 4.78 is 0. The van der Waals surface area contributed by atoms with Gasteiger partial charge in [0.25, 0.3) is 6.20 Å². The lowest BCUT2D eigenvalue weighted by Gasteiger charge is -2.40. The maximum Gasteiger partial charge on any atom is 0.274 e. The first-order chi connectivity index (χ1) is 7.94. The maximum atomic E-state index is 10.6. The van der Waals surface area contributed by atoms with Gasteiger partial charge in [-0.25, -0.2) is 0 Å². The van der Waals surface area contributed by atoms with E-state index in [4.69, 9.17) is 0 Å². The Morgan fingerprint density at radius 2 is 2.24 bits per heavy atom. The number of hydrogen-bond donors (Lipinski definition) is 1. The Morgan fingerprint density at radius 1 is 1.53 bits per heavy atom. The summed E-state index contributed by atoms with van der Waals surface area (Å²) in [6.07, 6.45) is 4.51. The van der Waals surface area contributed by atoms with E-state index in [0.29, 0.717) is 5.82 Å². The quantitative estimate of drug-likeness (QED) is 0.455. The second kappa shape index (κ2) is 5.89. The van der Waals surface area contributed by atoms with Crippen LogP contribution in [-0.4, -0.2) is 29.5 Å². The highest BCUT2D eigenvalue weighted by Gasteiger charge is 2.29. The molecule has 0 bridgehead atoms. The Bertz CT molecular complexity index is 300. The molecule has 17 heavy (non-hydrogen) atoms. The van der Waals surface area contributed by atoms with Crippen LogP contribution in [0.4, 0.5) is 0 Å². The molecule has 98 valence electrons. The first-order valence-electron chi connectivity index (χ1n) is 6.29. The van der Waals surface area contributed by atoms with Crippen LogP contribution in [0.1, 0.15) is 40.0 Å². The fourth-order valence-corrected chi connectivity index (χ4v) is 2.08. The Hall–Kier alpha value is -1.26. The lowest BCUT2D eigenvalue weighted by molar-refractivity contribution is -0.405. The van der Waals surface area contributed by atoms with Crippen LogP contribution in [0.15, 0.2) is 12.0 Å². The molecule has 0 saturated carbocycles. The minimum atomic E-state index is -0.381. The first-order valence-corrected chi connectivity index (χ1v) is 6.29. The minimum absolute atomic E-state index is 0.167. The summed E-state index contributed by atoms with van der Waals surface area (Å²) in [5, 5.41) is 13.7. The van der Waals surface area contributed by atoms with Gasteiger partial charge in [0, 0.05) is 19.6 Å². The van der Waals surface area contributed by atoms with Crippen molar-refractivity contribution in [2.45, 2.75) is 40.0 Å². The molecule has 0 aromatic carbocycles. The standard InChI is InChI=1S/C12H23N3O2/c1-4-5-6-7-14-10-12(2,3)9-13-11(14)8-15(16)17/h8,13H,4-7,9-10H2,1-3H3/b11-8-. The number of nitrogens with zero attached hydrogens (tertiary/aromatic N) is 2. The van der Waals surface area contributed by atoms with Crippen molar-refractivity contribution in [1.29, 1.82) is 0 Å². The number of hydrogen-bond acceptors (Lipinski definition) is 4. The van der Waals surface area contributed by atoms with Crippen molar-refractivity contribution < 1.29 is 4.92 Å². The smallest absolute Gasteiger partial charge is 0.274 e. The van der Waals surface area contributed by atoms with Gasteiger partial charge in [0.15, 0.2) is 5.82 Å². The predicted octanol–water partition coefficient (Wildman–Crippen LogP) is 2.18. The highest BCUT2D eigenvalue weighted by atomic mass is 16.6. The molecular weight excluding hydrogens is 218 g/mol. The molecule has 5 nitrogen and oxygen atoms in total. The molecule has 0 spiro atoms. The van der Waals surface area contributed by atoms with Crippen molar-refractivity contribution in [3.05, 3.63) is 22.1 Å². The molecule has 0 amide bonds. The van der Waals surface area contributed by atoms with Crippen LogP contribution in [0, 0.1) is 15.5 Å². The molecule has 1 saturated heterocycles. The molecule has 0 radical (unpaired) electrons. The van der Waals surface area contributed by atoms with Crippen LogP contribution >= 0.6 is 0 Å². The topological polar surface area (TPSA) is 58.4 Å². The second-order valence-electron chi connectivity index (χ2n) is 5.45. The zero-order valence-electron chi connectivity index (χ0n) is 11.0. The number of rotatable bonds is 5. The van der Waals surface area contributed by atoms with E-state index in [1.807, 2.05) is 0 Å². The third-order valence-electron chi connectivity index (χ3n) is 2.97. The van der Waals surface area contributed by atoms with E-state index in [2.05, 4.69) is 31.0 Å². The van der Waals surface area contributed by atoms with Gasteiger partial charge < -0.3 is 10.2 Å². The third-order valence-corrected chi connectivity index (χ3v) is 2.97. The second-order valence-corrected chi connectivity index (χ2v) is 5.45. The van der Waals surface area contributed by atoms with Crippen molar-refractivity contribution in [1.82, 2.24) is 10.2 Å². The fourth-order valence-electron chi connectivity index (χ4n) is 2.08. The molecule has 0 aromatic heterocycles. The van der Waals surface area contributed by atoms with Crippen molar-refractivity contribution in [3.8, 4) is 0 Å². The van der Waals surface area contributed by atoms with E-state index < -0.39 is 0 Å². The Labute approximate surface area is 103 Å². The van der Waals surface area contributed by atoms with Crippen molar-refractivity contribution in [2.75, 3.05) is 19.6 Å². The minimum Gasteiger partial charge on any atom is -0.366 e. The van der Waals surface area contributed by atoms with Crippen LogP contribution in [0.5, 0.6) is 0 Å². The normalized spacial score (nSPS) is 21.4. The summed E-state index contributed by atoms with van der Waals surface area (Å²) in [5.74, 6) is 0.658. The average molecular weight is 241 g/mol. The van der Waals surface area contributed by atoms with Crippen LogP contribution in [0.25, 0.3) is 0 Å². The van der Waals surface area contributed by atoms with E-state index in [1.165, 1.54) is 12.8 Å². The van der Waals surface area contributed by atoms with E-state index in [-0.39, 0.29) is 10.3 Å². The molecule has 1 aliphatic rings. The average Bonchev–Trinajstić information content (AvgIpc) is 2.21. The molecule has 0 unspecified atom stereocenters. The summed E-state index contributed by atoms with van der Waals surface area (Å²) in [6, 6.07) is 0. The summed E-state index contributed by atoms with van der Waals surface area (Å²) in [4.78, 5) is 12.3. The molecule has 1 aliphatic heterocycles. The van der Waals surface area contributed by atoms with Crippen molar-refractivity contribution >= 4 is 0 Å². The van der Waals surface area contributed by atoms with E-state index in [0.717, 1.165) is 32.3 Å². The molecule has 1 heterocycles. The Kier molecular flexibility index (Phi) is 4.78. The number of nitrogens with one attached hydrogen (secondary N) is 1. The van der Waals surface area contributed by atoms with Crippen LogP contribution in [-0.2, 0) is 0 Å². The number of unbranched alkanes of at least 4 members (excludes halogenated alkanes) is 2. The lowest BCUT2D eigenvalue weighted by atomic mass is 9.91. The molecule has 1 rings (SSSR count).